The van der Waals surface area contributed by atoms with Crippen LogP contribution >= 0.6 is 23.4 Å². The van der Waals surface area contributed by atoms with E-state index in [9.17, 15) is 19.5 Å². The summed E-state index contributed by atoms with van der Waals surface area (Å²) in [5, 5.41) is 15.8. The number of hydrogen-bond acceptors (Lipinski definition) is 5. The SMILES string of the molecule is CC1=C(C(=O)O)N2C(=O)[C@H](NC(=O)c3c(Cl)c(C)nn3C)[C@@H]2SC1. The van der Waals surface area contributed by atoms with Gasteiger partial charge in [-0.1, -0.05) is 11.6 Å². The summed E-state index contributed by atoms with van der Waals surface area (Å²) in [6.07, 6.45) is 0. The number of aliphatic carboxylic acids is 1. The first-order valence-electron chi connectivity index (χ1n) is 7.11. The van der Waals surface area contributed by atoms with Gasteiger partial charge in [-0.2, -0.15) is 5.10 Å². The molecule has 1 aromatic heterocycles. The van der Waals surface area contributed by atoms with Crippen LogP contribution in [-0.4, -0.2) is 54.7 Å². The van der Waals surface area contributed by atoms with Gasteiger partial charge in [0.25, 0.3) is 11.8 Å². The average Bonchev–Trinajstić information content (AvgIpc) is 2.76. The number of aryl methyl sites for hydroxylation is 2. The van der Waals surface area contributed by atoms with Crippen molar-refractivity contribution in [2.24, 2.45) is 7.05 Å². The number of nitrogens with one attached hydrogen (secondary N) is 1. The molecule has 0 aliphatic carbocycles. The fourth-order valence-electron chi connectivity index (χ4n) is 2.86. The van der Waals surface area contributed by atoms with Gasteiger partial charge in [-0.15, -0.1) is 11.8 Å². The molecule has 24 heavy (non-hydrogen) atoms. The summed E-state index contributed by atoms with van der Waals surface area (Å²) in [6.45, 7) is 3.36. The topological polar surface area (TPSA) is 105 Å². The first-order valence-corrected chi connectivity index (χ1v) is 8.54. The zero-order chi connectivity index (χ0) is 17.8. The molecule has 1 aromatic rings. The molecule has 1 fully saturated rings. The molecule has 128 valence electrons. The predicted octanol–water partition coefficient (Wildman–Crippen LogP) is 0.754. The maximum absolute atomic E-state index is 12.4. The van der Waals surface area contributed by atoms with Crippen molar-refractivity contribution in [1.82, 2.24) is 20.0 Å². The number of carbonyl (C=O) groups is 3. The Morgan fingerprint density at radius 1 is 1.42 bits per heavy atom. The second-order valence-corrected chi connectivity index (χ2v) is 7.15. The fourth-order valence-corrected chi connectivity index (χ4v) is 4.40. The molecule has 3 rings (SSSR count). The zero-order valence-corrected chi connectivity index (χ0v) is 14.7. The standard InChI is InChI=1S/C14H15ClN4O4S/c1-5-4-24-13-8(12(21)19(13)9(5)14(22)23)16-11(20)10-7(15)6(2)17-18(10)3/h8,13H,4H2,1-3H3,(H,16,20)(H,22,23)/t8-,13-/m0/s1. The maximum atomic E-state index is 12.4. The van der Waals surface area contributed by atoms with Crippen molar-refractivity contribution in [3.05, 3.63) is 27.7 Å². The molecule has 2 aliphatic rings. The van der Waals surface area contributed by atoms with E-state index in [1.165, 1.54) is 21.3 Å². The number of thioether (sulfide) groups is 1. The van der Waals surface area contributed by atoms with Crippen LogP contribution in [-0.2, 0) is 16.6 Å². The molecule has 0 aromatic carbocycles. The van der Waals surface area contributed by atoms with Gasteiger partial charge >= 0.3 is 5.97 Å². The Bertz CT molecular complexity index is 803. The van der Waals surface area contributed by atoms with E-state index < -0.39 is 29.2 Å². The third-order valence-corrected chi connectivity index (χ3v) is 5.89. The number of nitrogens with zero attached hydrogens (tertiary/aromatic N) is 3. The minimum absolute atomic E-state index is 0.00339. The summed E-state index contributed by atoms with van der Waals surface area (Å²) in [5.41, 5.74) is 1.33. The van der Waals surface area contributed by atoms with Crippen molar-refractivity contribution in [3.8, 4) is 0 Å². The summed E-state index contributed by atoms with van der Waals surface area (Å²) < 4.78 is 1.36. The molecule has 2 atom stereocenters. The van der Waals surface area contributed by atoms with E-state index in [4.69, 9.17) is 11.6 Å². The van der Waals surface area contributed by atoms with Crippen LogP contribution < -0.4 is 5.32 Å². The van der Waals surface area contributed by atoms with Crippen molar-refractivity contribution >= 4 is 41.1 Å². The number of aromatic nitrogens is 2. The summed E-state index contributed by atoms with van der Waals surface area (Å²) in [5.74, 6) is -1.59. The molecule has 0 spiro atoms. The number of amides is 2. The molecule has 0 bridgehead atoms. The van der Waals surface area contributed by atoms with Crippen molar-refractivity contribution < 1.29 is 19.5 Å². The molecule has 0 radical (unpaired) electrons. The minimum atomic E-state index is -1.14. The monoisotopic (exact) mass is 370 g/mol. The van der Waals surface area contributed by atoms with Gasteiger partial charge < -0.3 is 10.4 Å². The molecule has 8 nitrogen and oxygen atoms in total. The van der Waals surface area contributed by atoms with E-state index in [-0.39, 0.29) is 16.4 Å². The zero-order valence-electron chi connectivity index (χ0n) is 13.2. The Balaban J connectivity index is 1.81. The van der Waals surface area contributed by atoms with Gasteiger partial charge in [0.05, 0.1) is 10.7 Å². The number of carboxylic acids is 1. The van der Waals surface area contributed by atoms with Gasteiger partial charge in [-0.3, -0.25) is 19.2 Å². The molecule has 1 saturated heterocycles. The van der Waals surface area contributed by atoms with Crippen LogP contribution in [0.3, 0.4) is 0 Å². The third kappa shape index (κ3) is 2.39. The summed E-state index contributed by atoms with van der Waals surface area (Å²) >= 11 is 7.50. The van der Waals surface area contributed by atoms with Crippen molar-refractivity contribution in [2.75, 3.05) is 5.75 Å². The normalized spacial score (nSPS) is 23.0. The van der Waals surface area contributed by atoms with Crippen LogP contribution in [0.15, 0.2) is 11.3 Å². The number of hydrogen-bond donors (Lipinski definition) is 2. The van der Waals surface area contributed by atoms with Crippen LogP contribution in [0.25, 0.3) is 0 Å². The van der Waals surface area contributed by atoms with Gasteiger partial charge in [-0.25, -0.2) is 4.79 Å². The fraction of sp³-hybridized carbons (Fsp3) is 0.429. The molecule has 0 unspecified atom stereocenters. The lowest BCUT2D eigenvalue weighted by atomic mass is 10.0. The highest BCUT2D eigenvalue weighted by atomic mass is 35.5. The van der Waals surface area contributed by atoms with Gasteiger partial charge in [0, 0.05) is 12.8 Å². The first kappa shape index (κ1) is 16.8. The third-order valence-electron chi connectivity index (χ3n) is 4.01. The number of β-lactam (4-membered cyclic amide) rings is 1. The maximum Gasteiger partial charge on any atom is 0.352 e. The number of halogens is 1. The van der Waals surface area contributed by atoms with Crippen molar-refractivity contribution in [1.29, 1.82) is 0 Å². The Kier molecular flexibility index (Phi) is 4.08. The van der Waals surface area contributed by atoms with Gasteiger partial charge in [-0.05, 0) is 19.4 Å². The molecule has 2 aliphatic heterocycles. The summed E-state index contributed by atoms with van der Waals surface area (Å²) in [7, 11) is 1.59. The van der Waals surface area contributed by atoms with Crippen LogP contribution in [0.1, 0.15) is 23.1 Å². The molecule has 2 amide bonds. The highest BCUT2D eigenvalue weighted by Gasteiger charge is 2.53. The molecule has 10 heteroatoms. The van der Waals surface area contributed by atoms with E-state index in [1.54, 1.807) is 20.9 Å². The van der Waals surface area contributed by atoms with E-state index >= 15 is 0 Å². The molecule has 2 N–H and O–H groups in total. The van der Waals surface area contributed by atoms with Crippen LogP contribution in [0, 0.1) is 6.92 Å². The average molecular weight is 371 g/mol. The Morgan fingerprint density at radius 3 is 2.62 bits per heavy atom. The van der Waals surface area contributed by atoms with Gasteiger partial charge in [0.1, 0.15) is 22.8 Å². The van der Waals surface area contributed by atoms with Crippen molar-refractivity contribution in [3.63, 3.8) is 0 Å². The predicted molar refractivity (Wildman–Crippen MR) is 87.6 cm³/mol. The van der Waals surface area contributed by atoms with Crippen molar-refractivity contribution in [2.45, 2.75) is 25.3 Å². The van der Waals surface area contributed by atoms with Crippen LogP contribution in [0.2, 0.25) is 5.02 Å². The van der Waals surface area contributed by atoms with E-state index in [1.807, 2.05) is 0 Å². The summed E-state index contributed by atoms with van der Waals surface area (Å²) in [4.78, 5) is 37.4. The number of carboxylic acid groups (broad SMARTS) is 1. The smallest absolute Gasteiger partial charge is 0.352 e. The Hall–Kier alpha value is -2.00. The minimum Gasteiger partial charge on any atom is -0.477 e. The number of rotatable bonds is 3. The van der Waals surface area contributed by atoms with Gasteiger partial charge in [0.15, 0.2) is 0 Å². The second kappa shape index (κ2) is 5.82. The second-order valence-electron chi connectivity index (χ2n) is 5.67. The lowest BCUT2D eigenvalue weighted by Crippen LogP contribution is -2.70. The van der Waals surface area contributed by atoms with E-state index in [2.05, 4.69) is 10.4 Å². The molecular formula is C14H15ClN4O4S. The quantitative estimate of drug-likeness (QED) is 0.761. The lowest BCUT2D eigenvalue weighted by Gasteiger charge is -2.49. The Labute approximate surface area is 146 Å². The molecule has 3 heterocycles. The van der Waals surface area contributed by atoms with E-state index in [0.29, 0.717) is 17.0 Å². The first-order chi connectivity index (χ1) is 11.2. The highest BCUT2D eigenvalue weighted by Crippen LogP contribution is 2.40. The van der Waals surface area contributed by atoms with Crippen LogP contribution in [0.5, 0.6) is 0 Å². The number of fused-ring (bicyclic) bond motifs is 1. The lowest BCUT2D eigenvalue weighted by molar-refractivity contribution is -0.148. The molecule has 0 saturated carbocycles. The van der Waals surface area contributed by atoms with Crippen LogP contribution in [0.4, 0.5) is 0 Å². The Morgan fingerprint density at radius 2 is 2.08 bits per heavy atom. The number of carbonyl (C=O) groups excluding carboxylic acids is 2. The summed E-state index contributed by atoms with van der Waals surface area (Å²) in [6, 6.07) is -0.781. The van der Waals surface area contributed by atoms with Gasteiger partial charge in [0.2, 0.25) is 0 Å². The van der Waals surface area contributed by atoms with E-state index in [0.717, 1.165) is 0 Å². The molecular weight excluding hydrogens is 356 g/mol. The largest absolute Gasteiger partial charge is 0.477 e. The highest BCUT2D eigenvalue weighted by molar-refractivity contribution is 8.00.